The molecule has 1 aromatic carbocycles. The van der Waals surface area contributed by atoms with Gasteiger partial charge in [-0.05, 0) is 54.8 Å². The fourth-order valence-electron chi connectivity index (χ4n) is 4.60. The minimum atomic E-state index is -0.172. The largest absolute Gasteiger partial charge is 0.454 e. The Morgan fingerprint density at radius 2 is 2.06 bits per heavy atom. The van der Waals surface area contributed by atoms with Gasteiger partial charge < -0.3 is 18.9 Å². The maximum absolute atomic E-state index is 13.0. The summed E-state index contributed by atoms with van der Waals surface area (Å²) in [5, 5.41) is 5.62. The van der Waals surface area contributed by atoms with Crippen LogP contribution >= 0.6 is 11.3 Å². The van der Waals surface area contributed by atoms with Gasteiger partial charge in [0.25, 0.3) is 5.91 Å². The zero-order chi connectivity index (χ0) is 22.9. The molecule has 3 aromatic heterocycles. The molecule has 2 aliphatic heterocycles. The van der Waals surface area contributed by atoms with Gasteiger partial charge in [0.15, 0.2) is 16.6 Å². The standard InChI is InChI=1S/C25H23N5O3S/c31-24(21-6-2-12-29(21)14-17-8-10-26-11-9-17)28-25-27-18(15-34-25)19-5-3-13-30(19)20-4-1-7-22-23(20)33-16-32-22/h1-2,4,6-12,15,19H,3,5,13-14,16H2,(H,27,28,31)/t19-/m1/s1. The van der Waals surface area contributed by atoms with Gasteiger partial charge in [0.05, 0.1) is 17.4 Å². The molecule has 0 bridgehead atoms. The molecular formula is C25H23N5O3S. The van der Waals surface area contributed by atoms with Gasteiger partial charge in [0.1, 0.15) is 5.69 Å². The van der Waals surface area contributed by atoms with Crippen molar-refractivity contribution >= 4 is 28.1 Å². The quantitative estimate of drug-likeness (QED) is 0.437. The summed E-state index contributed by atoms with van der Waals surface area (Å²) in [6.07, 6.45) is 7.48. The van der Waals surface area contributed by atoms with Gasteiger partial charge in [-0.25, -0.2) is 4.98 Å². The molecule has 9 heteroatoms. The smallest absolute Gasteiger partial charge is 0.274 e. The van der Waals surface area contributed by atoms with E-state index in [2.05, 4.69) is 21.3 Å². The Labute approximate surface area is 200 Å². The van der Waals surface area contributed by atoms with E-state index in [9.17, 15) is 4.79 Å². The molecule has 5 heterocycles. The van der Waals surface area contributed by atoms with E-state index in [1.54, 1.807) is 12.4 Å². The molecule has 0 unspecified atom stereocenters. The highest BCUT2D eigenvalue weighted by Gasteiger charge is 2.32. The third-order valence-corrected chi connectivity index (χ3v) is 6.96. The first-order valence-corrected chi connectivity index (χ1v) is 12.1. The first kappa shape index (κ1) is 20.7. The van der Waals surface area contributed by atoms with Crippen molar-refractivity contribution in [2.45, 2.75) is 25.4 Å². The fourth-order valence-corrected chi connectivity index (χ4v) is 5.36. The Balaban J connectivity index is 1.18. The van der Waals surface area contributed by atoms with Crippen LogP contribution in [0.1, 0.15) is 40.6 Å². The van der Waals surface area contributed by atoms with E-state index in [0.717, 1.165) is 47.8 Å². The summed E-state index contributed by atoms with van der Waals surface area (Å²) < 4.78 is 13.2. The Morgan fingerprint density at radius 3 is 2.97 bits per heavy atom. The molecule has 172 valence electrons. The molecule has 1 N–H and O–H groups in total. The topological polar surface area (TPSA) is 81.5 Å². The number of carbonyl (C=O) groups is 1. The average Bonchev–Trinajstić information content (AvgIpc) is 3.65. The summed E-state index contributed by atoms with van der Waals surface area (Å²) in [4.78, 5) is 24.2. The number of ether oxygens (including phenoxy) is 2. The van der Waals surface area contributed by atoms with E-state index in [4.69, 9.17) is 14.5 Å². The number of nitrogens with one attached hydrogen (secondary N) is 1. The molecule has 34 heavy (non-hydrogen) atoms. The molecule has 0 saturated carbocycles. The second-order valence-corrected chi connectivity index (χ2v) is 9.13. The van der Waals surface area contributed by atoms with Crippen molar-refractivity contribution in [1.29, 1.82) is 0 Å². The first-order chi connectivity index (χ1) is 16.8. The van der Waals surface area contributed by atoms with E-state index in [-0.39, 0.29) is 18.7 Å². The Hall–Kier alpha value is -3.85. The monoisotopic (exact) mass is 473 g/mol. The minimum Gasteiger partial charge on any atom is -0.454 e. The van der Waals surface area contributed by atoms with Crippen molar-refractivity contribution in [3.8, 4) is 11.5 Å². The summed E-state index contributed by atoms with van der Waals surface area (Å²) >= 11 is 1.45. The lowest BCUT2D eigenvalue weighted by molar-refractivity contribution is 0.101. The highest BCUT2D eigenvalue weighted by atomic mass is 32.1. The van der Waals surface area contributed by atoms with Crippen LogP contribution in [0, 0.1) is 0 Å². The number of para-hydroxylation sites is 1. The van der Waals surface area contributed by atoms with Crippen LogP contribution in [0.5, 0.6) is 11.5 Å². The molecule has 0 aliphatic carbocycles. The molecule has 1 fully saturated rings. The number of benzene rings is 1. The van der Waals surface area contributed by atoms with E-state index < -0.39 is 0 Å². The zero-order valence-electron chi connectivity index (χ0n) is 18.4. The molecular weight excluding hydrogens is 450 g/mol. The minimum absolute atomic E-state index is 0.133. The second kappa shape index (κ2) is 8.83. The van der Waals surface area contributed by atoms with Crippen LogP contribution in [-0.4, -0.2) is 33.8 Å². The summed E-state index contributed by atoms with van der Waals surface area (Å²) in [6, 6.07) is 13.7. The summed E-state index contributed by atoms with van der Waals surface area (Å²) in [7, 11) is 0. The summed E-state index contributed by atoms with van der Waals surface area (Å²) in [5.41, 5.74) is 3.67. The first-order valence-electron chi connectivity index (χ1n) is 11.2. The van der Waals surface area contributed by atoms with Gasteiger partial charge in [-0.1, -0.05) is 6.07 Å². The Bertz CT molecular complexity index is 1320. The number of rotatable bonds is 6. The molecule has 6 rings (SSSR count). The lowest BCUT2D eigenvalue weighted by atomic mass is 10.1. The van der Waals surface area contributed by atoms with Gasteiger partial charge in [-0.3, -0.25) is 15.1 Å². The number of hydrogen-bond donors (Lipinski definition) is 1. The van der Waals surface area contributed by atoms with E-state index >= 15 is 0 Å². The van der Waals surface area contributed by atoms with E-state index in [0.29, 0.717) is 17.4 Å². The van der Waals surface area contributed by atoms with Gasteiger partial charge in [-0.15, -0.1) is 11.3 Å². The second-order valence-electron chi connectivity index (χ2n) is 8.27. The number of aromatic nitrogens is 3. The van der Waals surface area contributed by atoms with Crippen LogP contribution in [0.4, 0.5) is 10.8 Å². The van der Waals surface area contributed by atoms with Crippen molar-refractivity contribution in [3.63, 3.8) is 0 Å². The predicted octanol–water partition coefficient (Wildman–Crippen LogP) is 4.71. The SMILES string of the molecule is O=C(Nc1nc([C@H]2CCCN2c2cccc3c2OCO3)cs1)c1cccn1Cc1ccncc1. The van der Waals surface area contributed by atoms with Crippen LogP contribution in [0.2, 0.25) is 0 Å². The number of thiazole rings is 1. The van der Waals surface area contributed by atoms with Gasteiger partial charge in [0, 0.05) is 37.1 Å². The Kier molecular flexibility index (Phi) is 5.38. The molecule has 0 spiro atoms. The molecule has 8 nitrogen and oxygen atoms in total. The lowest BCUT2D eigenvalue weighted by Crippen LogP contribution is -2.23. The summed E-state index contributed by atoms with van der Waals surface area (Å²) in [5.74, 6) is 1.41. The van der Waals surface area contributed by atoms with Crippen molar-refractivity contribution in [1.82, 2.24) is 14.5 Å². The van der Waals surface area contributed by atoms with Crippen LogP contribution in [-0.2, 0) is 6.54 Å². The molecule has 4 aromatic rings. The van der Waals surface area contributed by atoms with Crippen molar-refractivity contribution < 1.29 is 14.3 Å². The molecule has 2 aliphatic rings. The number of nitrogens with zero attached hydrogens (tertiary/aromatic N) is 4. The van der Waals surface area contributed by atoms with Crippen LogP contribution in [0.15, 0.2) is 66.4 Å². The number of fused-ring (bicyclic) bond motifs is 1. The van der Waals surface area contributed by atoms with E-state index in [1.165, 1.54) is 11.3 Å². The summed E-state index contributed by atoms with van der Waals surface area (Å²) in [6.45, 7) is 1.78. The maximum Gasteiger partial charge on any atom is 0.274 e. The number of carbonyl (C=O) groups excluding carboxylic acids is 1. The third-order valence-electron chi connectivity index (χ3n) is 6.19. The van der Waals surface area contributed by atoms with Gasteiger partial charge in [0.2, 0.25) is 6.79 Å². The maximum atomic E-state index is 13.0. The number of amides is 1. The third kappa shape index (κ3) is 3.88. The molecule has 1 amide bonds. The normalized spacial score (nSPS) is 16.7. The van der Waals surface area contributed by atoms with Crippen LogP contribution < -0.4 is 19.7 Å². The number of pyridine rings is 1. The number of hydrogen-bond acceptors (Lipinski definition) is 7. The predicted molar refractivity (Wildman–Crippen MR) is 130 cm³/mol. The molecule has 1 saturated heterocycles. The highest BCUT2D eigenvalue weighted by Crippen LogP contribution is 2.46. The van der Waals surface area contributed by atoms with Crippen molar-refractivity contribution in [3.05, 3.63) is 83.4 Å². The van der Waals surface area contributed by atoms with Crippen LogP contribution in [0.25, 0.3) is 0 Å². The van der Waals surface area contributed by atoms with Crippen LogP contribution in [0.3, 0.4) is 0 Å². The Morgan fingerprint density at radius 1 is 1.15 bits per heavy atom. The van der Waals surface area contributed by atoms with Gasteiger partial charge >= 0.3 is 0 Å². The van der Waals surface area contributed by atoms with Crippen molar-refractivity contribution in [2.75, 3.05) is 23.6 Å². The number of anilines is 2. The molecule has 1 atom stereocenters. The van der Waals surface area contributed by atoms with Crippen molar-refractivity contribution in [2.24, 2.45) is 0 Å². The fraction of sp³-hybridized carbons (Fsp3) is 0.240. The molecule has 0 radical (unpaired) electrons. The van der Waals surface area contributed by atoms with E-state index in [1.807, 2.05) is 52.5 Å². The lowest BCUT2D eigenvalue weighted by Gasteiger charge is -2.26. The zero-order valence-corrected chi connectivity index (χ0v) is 19.2. The average molecular weight is 474 g/mol. The van der Waals surface area contributed by atoms with Gasteiger partial charge in [-0.2, -0.15) is 0 Å². The highest BCUT2D eigenvalue weighted by molar-refractivity contribution is 7.14.